The van der Waals surface area contributed by atoms with Crippen molar-refractivity contribution in [3.05, 3.63) is 59.1 Å². The Bertz CT molecular complexity index is 688. The molecule has 0 radical (unpaired) electrons. The van der Waals surface area contributed by atoms with Gasteiger partial charge in [0.1, 0.15) is 5.75 Å². The highest BCUT2D eigenvalue weighted by molar-refractivity contribution is 9.10. The molecule has 0 fully saturated rings. The van der Waals surface area contributed by atoms with Gasteiger partial charge < -0.3 is 14.8 Å². The highest BCUT2D eigenvalue weighted by atomic mass is 79.9. The molecule has 2 aromatic carbocycles. The number of anilines is 1. The van der Waals surface area contributed by atoms with Crippen molar-refractivity contribution >= 4 is 33.5 Å². The number of carbonyl (C=O) groups is 2. The van der Waals surface area contributed by atoms with Crippen LogP contribution >= 0.6 is 15.9 Å². The van der Waals surface area contributed by atoms with Gasteiger partial charge in [0.2, 0.25) is 0 Å². The van der Waals surface area contributed by atoms with Gasteiger partial charge in [0.15, 0.2) is 12.2 Å². The van der Waals surface area contributed by atoms with Crippen molar-refractivity contribution in [2.75, 3.05) is 5.32 Å². The van der Waals surface area contributed by atoms with Gasteiger partial charge in [-0.3, -0.25) is 4.79 Å². The van der Waals surface area contributed by atoms with Gasteiger partial charge in [-0.1, -0.05) is 34.1 Å². The molecule has 0 aliphatic carbocycles. The minimum atomic E-state index is -0.923. The monoisotopic (exact) mass is 391 g/mol. The van der Waals surface area contributed by atoms with E-state index >= 15 is 0 Å². The van der Waals surface area contributed by atoms with Crippen molar-refractivity contribution in [1.29, 1.82) is 0 Å². The summed E-state index contributed by atoms with van der Waals surface area (Å²) in [5, 5.41) is 2.68. The SMILES string of the molecule is C[C@H](OC(=O)[C@@H](C)Oc1ccc(Br)cc1)C(=O)Nc1ccccc1. The van der Waals surface area contributed by atoms with Crippen molar-refractivity contribution in [3.63, 3.8) is 0 Å². The molecule has 24 heavy (non-hydrogen) atoms. The molecule has 0 aliphatic rings. The van der Waals surface area contributed by atoms with Gasteiger partial charge in [-0.25, -0.2) is 4.79 Å². The largest absolute Gasteiger partial charge is 0.479 e. The van der Waals surface area contributed by atoms with E-state index in [0.717, 1.165) is 4.47 Å². The second kappa shape index (κ2) is 8.49. The molecule has 0 spiro atoms. The summed E-state index contributed by atoms with van der Waals surface area (Å²) in [5.74, 6) is -0.455. The molecule has 0 aromatic heterocycles. The van der Waals surface area contributed by atoms with Crippen molar-refractivity contribution in [1.82, 2.24) is 0 Å². The van der Waals surface area contributed by atoms with E-state index in [1.807, 2.05) is 18.2 Å². The van der Waals surface area contributed by atoms with E-state index in [-0.39, 0.29) is 0 Å². The number of halogens is 1. The van der Waals surface area contributed by atoms with Crippen LogP contribution < -0.4 is 10.1 Å². The first-order chi connectivity index (χ1) is 11.5. The average Bonchev–Trinajstić information content (AvgIpc) is 2.57. The summed E-state index contributed by atoms with van der Waals surface area (Å²) >= 11 is 3.32. The van der Waals surface area contributed by atoms with Gasteiger partial charge >= 0.3 is 5.97 Å². The molecule has 1 amide bonds. The van der Waals surface area contributed by atoms with Crippen LogP contribution in [-0.2, 0) is 14.3 Å². The lowest BCUT2D eigenvalue weighted by Crippen LogP contribution is -2.35. The number of para-hydroxylation sites is 1. The normalized spacial score (nSPS) is 12.8. The molecular weight excluding hydrogens is 374 g/mol. The Labute approximate surface area is 149 Å². The molecule has 0 bridgehead atoms. The number of hydrogen-bond donors (Lipinski definition) is 1. The van der Waals surface area contributed by atoms with Crippen LogP contribution in [0.25, 0.3) is 0 Å². The maximum atomic E-state index is 12.0. The fourth-order valence-corrected chi connectivity index (χ4v) is 2.12. The lowest BCUT2D eigenvalue weighted by atomic mass is 10.3. The summed E-state index contributed by atoms with van der Waals surface area (Å²) in [5.41, 5.74) is 0.643. The number of rotatable bonds is 6. The fourth-order valence-electron chi connectivity index (χ4n) is 1.85. The van der Waals surface area contributed by atoms with E-state index in [1.54, 1.807) is 43.3 Å². The minimum Gasteiger partial charge on any atom is -0.479 e. The third-order valence-corrected chi connectivity index (χ3v) is 3.69. The number of nitrogens with one attached hydrogen (secondary N) is 1. The van der Waals surface area contributed by atoms with E-state index in [1.165, 1.54) is 6.92 Å². The van der Waals surface area contributed by atoms with Gasteiger partial charge in [0, 0.05) is 10.2 Å². The number of esters is 1. The van der Waals surface area contributed by atoms with Crippen molar-refractivity contribution < 1.29 is 19.1 Å². The van der Waals surface area contributed by atoms with E-state index < -0.39 is 24.1 Å². The Morgan fingerprint density at radius 1 is 0.958 bits per heavy atom. The first-order valence-corrected chi connectivity index (χ1v) is 8.23. The molecule has 2 aromatic rings. The first kappa shape index (κ1) is 18.0. The number of hydrogen-bond acceptors (Lipinski definition) is 4. The Hall–Kier alpha value is -2.34. The zero-order valence-electron chi connectivity index (χ0n) is 13.4. The molecule has 2 rings (SSSR count). The zero-order valence-corrected chi connectivity index (χ0v) is 14.9. The molecule has 0 saturated carbocycles. The van der Waals surface area contributed by atoms with Gasteiger partial charge in [-0.2, -0.15) is 0 Å². The standard InChI is InChI=1S/C18H18BrNO4/c1-12(17(21)20-15-6-4-3-5-7-15)24-18(22)13(2)23-16-10-8-14(19)9-11-16/h3-13H,1-2H3,(H,20,21)/t12-,13+/m0/s1. The topological polar surface area (TPSA) is 64.6 Å². The molecule has 2 atom stereocenters. The maximum absolute atomic E-state index is 12.0. The van der Waals surface area contributed by atoms with Gasteiger partial charge in [0.05, 0.1) is 0 Å². The number of benzene rings is 2. The summed E-state index contributed by atoms with van der Waals surface area (Å²) in [6.45, 7) is 3.09. The summed E-state index contributed by atoms with van der Waals surface area (Å²) in [6, 6.07) is 16.1. The Morgan fingerprint density at radius 2 is 1.58 bits per heavy atom. The summed E-state index contributed by atoms with van der Waals surface area (Å²) in [4.78, 5) is 24.1. The van der Waals surface area contributed by atoms with Crippen molar-refractivity contribution in [2.24, 2.45) is 0 Å². The predicted octanol–water partition coefficient (Wildman–Crippen LogP) is 3.79. The van der Waals surface area contributed by atoms with Crippen molar-refractivity contribution in [2.45, 2.75) is 26.1 Å². The summed E-state index contributed by atoms with van der Waals surface area (Å²) in [7, 11) is 0. The Balaban J connectivity index is 1.85. The molecule has 6 heteroatoms. The van der Waals surface area contributed by atoms with Crippen LogP contribution in [-0.4, -0.2) is 24.1 Å². The number of ether oxygens (including phenoxy) is 2. The van der Waals surface area contributed by atoms with E-state index in [9.17, 15) is 9.59 Å². The summed E-state index contributed by atoms with van der Waals surface area (Å²) in [6.07, 6.45) is -1.74. The van der Waals surface area contributed by atoms with Crippen molar-refractivity contribution in [3.8, 4) is 5.75 Å². The Morgan fingerprint density at radius 3 is 2.21 bits per heavy atom. The van der Waals surface area contributed by atoms with Crippen LogP contribution in [0.3, 0.4) is 0 Å². The molecule has 0 heterocycles. The molecule has 5 nitrogen and oxygen atoms in total. The van der Waals surface area contributed by atoms with Crippen LogP contribution in [0.4, 0.5) is 5.69 Å². The third kappa shape index (κ3) is 5.38. The highest BCUT2D eigenvalue weighted by Crippen LogP contribution is 2.17. The van der Waals surface area contributed by atoms with Crippen LogP contribution in [0.15, 0.2) is 59.1 Å². The van der Waals surface area contributed by atoms with E-state index in [0.29, 0.717) is 11.4 Å². The van der Waals surface area contributed by atoms with E-state index in [4.69, 9.17) is 9.47 Å². The van der Waals surface area contributed by atoms with Crippen LogP contribution in [0.1, 0.15) is 13.8 Å². The molecular formula is C18H18BrNO4. The quantitative estimate of drug-likeness (QED) is 0.760. The average molecular weight is 392 g/mol. The molecule has 1 N–H and O–H groups in total. The molecule has 0 saturated heterocycles. The van der Waals surface area contributed by atoms with Gasteiger partial charge in [-0.05, 0) is 50.2 Å². The van der Waals surface area contributed by atoms with E-state index in [2.05, 4.69) is 21.2 Å². The first-order valence-electron chi connectivity index (χ1n) is 7.44. The van der Waals surface area contributed by atoms with Crippen LogP contribution in [0.5, 0.6) is 5.75 Å². The molecule has 0 unspecified atom stereocenters. The van der Waals surface area contributed by atoms with Crippen LogP contribution in [0.2, 0.25) is 0 Å². The summed E-state index contributed by atoms with van der Waals surface area (Å²) < 4.78 is 11.6. The lowest BCUT2D eigenvalue weighted by Gasteiger charge is -2.17. The molecule has 126 valence electrons. The van der Waals surface area contributed by atoms with Gasteiger partial charge in [0.25, 0.3) is 5.91 Å². The van der Waals surface area contributed by atoms with Gasteiger partial charge in [-0.15, -0.1) is 0 Å². The second-order valence-electron chi connectivity index (χ2n) is 5.15. The smallest absolute Gasteiger partial charge is 0.347 e. The second-order valence-corrected chi connectivity index (χ2v) is 6.06. The lowest BCUT2D eigenvalue weighted by molar-refractivity contribution is -0.159. The predicted molar refractivity (Wildman–Crippen MR) is 94.9 cm³/mol. The number of amides is 1. The highest BCUT2D eigenvalue weighted by Gasteiger charge is 2.23. The fraction of sp³-hybridized carbons (Fsp3) is 0.222. The van der Waals surface area contributed by atoms with Crippen LogP contribution in [0, 0.1) is 0 Å². The maximum Gasteiger partial charge on any atom is 0.347 e. The minimum absolute atomic E-state index is 0.398. The third-order valence-electron chi connectivity index (χ3n) is 3.16. The Kier molecular flexibility index (Phi) is 6.37. The zero-order chi connectivity index (χ0) is 17.5. The number of carbonyl (C=O) groups excluding carboxylic acids is 2. The molecule has 0 aliphatic heterocycles.